The van der Waals surface area contributed by atoms with Gasteiger partial charge < -0.3 is 14.6 Å². The number of benzene rings is 3. The Hall–Kier alpha value is -3.08. The van der Waals surface area contributed by atoms with Crippen molar-refractivity contribution in [2.75, 3.05) is 39.5 Å². The van der Waals surface area contributed by atoms with Gasteiger partial charge in [0.05, 0.1) is 13.2 Å². The molecule has 1 aliphatic heterocycles. The Balaban J connectivity index is 1.43. The van der Waals surface area contributed by atoms with Crippen LogP contribution in [0.5, 0.6) is 11.5 Å². The molecule has 0 aromatic heterocycles. The van der Waals surface area contributed by atoms with E-state index in [1.54, 1.807) is 6.07 Å². The van der Waals surface area contributed by atoms with Crippen LogP contribution in [0.25, 0.3) is 11.6 Å². The molecule has 3 aromatic rings. The van der Waals surface area contributed by atoms with E-state index >= 15 is 0 Å². The minimum Gasteiger partial charge on any atom is -0.508 e. The maximum atomic E-state index is 9.95. The summed E-state index contributed by atoms with van der Waals surface area (Å²) < 4.78 is 11.5. The van der Waals surface area contributed by atoms with Gasteiger partial charge in [0.2, 0.25) is 0 Å². The normalized spacial score (nSPS) is 17.4. The summed E-state index contributed by atoms with van der Waals surface area (Å²) in [5.41, 5.74) is 7.34. The molecule has 0 amide bonds. The number of phenolic OH excluding ortho intramolecular Hbond substituents is 1. The van der Waals surface area contributed by atoms with Crippen LogP contribution >= 0.6 is 0 Å². The lowest BCUT2D eigenvalue weighted by atomic mass is 9.92. The summed E-state index contributed by atoms with van der Waals surface area (Å²) in [6, 6.07) is 22.5. The molecule has 0 radical (unpaired) electrons. The number of hydrogen-bond donors (Lipinski definition) is 1. The second-order valence-electron chi connectivity index (χ2n) is 8.43. The van der Waals surface area contributed by atoms with Gasteiger partial charge >= 0.3 is 0 Å². The summed E-state index contributed by atoms with van der Waals surface area (Å²) in [5.74, 6) is 1.21. The van der Waals surface area contributed by atoms with Crippen molar-refractivity contribution in [2.24, 2.45) is 0 Å². The number of fused-ring (bicyclic) bond motifs is 2. The molecule has 1 fully saturated rings. The van der Waals surface area contributed by atoms with E-state index in [0.29, 0.717) is 6.61 Å². The van der Waals surface area contributed by atoms with E-state index in [4.69, 9.17) is 9.47 Å². The molecule has 5 rings (SSSR count). The standard InChI is InChI=1S/C28H29NO3/c30-24-6-3-4-21(18-24)19-28-26-7-2-1-5-22(26)8-9-23-20-25(10-11-27(23)28)32-17-14-29-12-15-31-16-13-29/h1-7,10-11,18-20,30H,8-9,12-17H2/b28-19-. The molecule has 0 bridgehead atoms. The monoisotopic (exact) mass is 427 g/mol. The lowest BCUT2D eigenvalue weighted by Gasteiger charge is -2.26. The van der Waals surface area contributed by atoms with E-state index in [1.165, 1.54) is 27.8 Å². The van der Waals surface area contributed by atoms with Crippen molar-refractivity contribution in [1.82, 2.24) is 4.90 Å². The number of morpholine rings is 1. The molecular weight excluding hydrogens is 398 g/mol. The number of ether oxygens (including phenoxy) is 2. The Kier molecular flexibility index (Phi) is 6.24. The molecule has 1 aliphatic carbocycles. The zero-order chi connectivity index (χ0) is 21.8. The van der Waals surface area contributed by atoms with E-state index in [2.05, 4.69) is 53.4 Å². The van der Waals surface area contributed by atoms with Crippen LogP contribution in [0.4, 0.5) is 0 Å². The van der Waals surface area contributed by atoms with Gasteiger partial charge in [-0.25, -0.2) is 0 Å². The molecule has 3 aromatic carbocycles. The Morgan fingerprint density at radius 1 is 0.875 bits per heavy atom. The van der Waals surface area contributed by atoms with Gasteiger partial charge in [-0.15, -0.1) is 0 Å². The quantitative estimate of drug-likeness (QED) is 0.636. The zero-order valence-electron chi connectivity index (χ0n) is 18.3. The largest absolute Gasteiger partial charge is 0.508 e. The summed E-state index contributed by atoms with van der Waals surface area (Å²) in [4.78, 5) is 2.39. The number of aryl methyl sites for hydroxylation is 2. The predicted molar refractivity (Wildman–Crippen MR) is 128 cm³/mol. The van der Waals surface area contributed by atoms with Crippen LogP contribution in [0.1, 0.15) is 27.8 Å². The number of aromatic hydroxyl groups is 1. The Bertz CT molecular complexity index is 1120. The predicted octanol–water partition coefficient (Wildman–Crippen LogP) is 4.79. The number of rotatable bonds is 5. The van der Waals surface area contributed by atoms with E-state index in [-0.39, 0.29) is 5.75 Å². The highest BCUT2D eigenvalue weighted by Gasteiger charge is 2.19. The van der Waals surface area contributed by atoms with E-state index in [1.807, 2.05) is 18.2 Å². The van der Waals surface area contributed by atoms with Crippen LogP contribution in [0.3, 0.4) is 0 Å². The molecule has 1 heterocycles. The van der Waals surface area contributed by atoms with Crippen molar-refractivity contribution in [3.8, 4) is 11.5 Å². The third-order valence-electron chi connectivity index (χ3n) is 6.30. The van der Waals surface area contributed by atoms with Crippen molar-refractivity contribution in [3.63, 3.8) is 0 Å². The van der Waals surface area contributed by atoms with Crippen LogP contribution in [0, 0.1) is 0 Å². The third kappa shape index (κ3) is 4.72. The molecule has 2 aliphatic rings. The maximum Gasteiger partial charge on any atom is 0.119 e. The lowest BCUT2D eigenvalue weighted by molar-refractivity contribution is 0.0322. The first-order valence-electron chi connectivity index (χ1n) is 11.4. The molecule has 32 heavy (non-hydrogen) atoms. The Morgan fingerprint density at radius 3 is 2.56 bits per heavy atom. The van der Waals surface area contributed by atoms with Gasteiger partial charge in [-0.05, 0) is 76.6 Å². The van der Waals surface area contributed by atoms with Crippen molar-refractivity contribution in [2.45, 2.75) is 12.8 Å². The SMILES string of the molecule is Oc1cccc(/C=C2/c3ccccc3CCc3cc(OCCN4CCOCC4)ccc32)c1. The van der Waals surface area contributed by atoms with Gasteiger partial charge in [0.1, 0.15) is 18.1 Å². The number of phenols is 1. The summed E-state index contributed by atoms with van der Waals surface area (Å²) in [6.45, 7) is 5.20. The first-order chi connectivity index (χ1) is 15.8. The fourth-order valence-electron chi connectivity index (χ4n) is 4.60. The minimum atomic E-state index is 0.283. The van der Waals surface area contributed by atoms with Crippen molar-refractivity contribution in [1.29, 1.82) is 0 Å². The molecule has 1 saturated heterocycles. The molecule has 4 nitrogen and oxygen atoms in total. The van der Waals surface area contributed by atoms with Crippen LogP contribution in [0.2, 0.25) is 0 Å². The van der Waals surface area contributed by atoms with Gasteiger partial charge in [0.25, 0.3) is 0 Å². The average molecular weight is 428 g/mol. The van der Waals surface area contributed by atoms with E-state index in [0.717, 1.165) is 57.0 Å². The van der Waals surface area contributed by atoms with Crippen LogP contribution in [-0.4, -0.2) is 49.5 Å². The highest BCUT2D eigenvalue weighted by Crippen LogP contribution is 2.36. The Morgan fingerprint density at radius 2 is 1.69 bits per heavy atom. The second kappa shape index (κ2) is 9.60. The van der Waals surface area contributed by atoms with Gasteiger partial charge in [-0.1, -0.05) is 42.5 Å². The fourth-order valence-corrected chi connectivity index (χ4v) is 4.60. The molecule has 0 saturated carbocycles. The lowest BCUT2D eigenvalue weighted by Crippen LogP contribution is -2.38. The van der Waals surface area contributed by atoms with E-state index < -0.39 is 0 Å². The zero-order valence-corrected chi connectivity index (χ0v) is 18.3. The topological polar surface area (TPSA) is 41.9 Å². The van der Waals surface area contributed by atoms with Crippen molar-refractivity contribution >= 4 is 11.6 Å². The minimum absolute atomic E-state index is 0.283. The molecular formula is C28H29NO3. The summed E-state index contributed by atoms with van der Waals surface area (Å²) in [7, 11) is 0. The van der Waals surface area contributed by atoms with Crippen LogP contribution in [-0.2, 0) is 17.6 Å². The highest BCUT2D eigenvalue weighted by molar-refractivity contribution is 5.94. The van der Waals surface area contributed by atoms with Gasteiger partial charge in [0.15, 0.2) is 0 Å². The smallest absolute Gasteiger partial charge is 0.119 e. The van der Waals surface area contributed by atoms with Crippen LogP contribution < -0.4 is 4.74 Å². The number of nitrogens with zero attached hydrogens (tertiary/aromatic N) is 1. The summed E-state index contributed by atoms with van der Waals surface area (Å²) >= 11 is 0. The average Bonchev–Trinajstić information content (AvgIpc) is 2.97. The van der Waals surface area contributed by atoms with Crippen LogP contribution in [0.15, 0.2) is 66.7 Å². The second-order valence-corrected chi connectivity index (χ2v) is 8.43. The molecule has 0 spiro atoms. The highest BCUT2D eigenvalue weighted by atomic mass is 16.5. The molecule has 0 atom stereocenters. The first-order valence-corrected chi connectivity index (χ1v) is 11.4. The summed E-state index contributed by atoms with van der Waals surface area (Å²) in [6.07, 6.45) is 4.16. The van der Waals surface area contributed by atoms with Gasteiger partial charge in [-0.3, -0.25) is 4.90 Å². The number of hydrogen-bond acceptors (Lipinski definition) is 4. The van der Waals surface area contributed by atoms with Gasteiger partial charge in [0, 0.05) is 19.6 Å². The molecule has 164 valence electrons. The molecule has 4 heteroatoms. The first kappa shape index (κ1) is 20.8. The van der Waals surface area contributed by atoms with Gasteiger partial charge in [-0.2, -0.15) is 0 Å². The van der Waals surface area contributed by atoms with Crippen molar-refractivity contribution < 1.29 is 14.6 Å². The van der Waals surface area contributed by atoms with E-state index in [9.17, 15) is 5.11 Å². The molecule has 0 unspecified atom stereocenters. The fraction of sp³-hybridized carbons (Fsp3) is 0.286. The molecule has 1 N–H and O–H groups in total. The van der Waals surface area contributed by atoms with Crippen molar-refractivity contribution in [3.05, 3.63) is 94.5 Å². The summed E-state index contributed by atoms with van der Waals surface area (Å²) in [5, 5.41) is 9.95. The third-order valence-corrected chi connectivity index (χ3v) is 6.30. The Labute approximate surface area is 189 Å². The maximum absolute atomic E-state index is 9.95.